The van der Waals surface area contributed by atoms with E-state index in [-0.39, 0.29) is 0 Å². The number of thioether (sulfide) groups is 1. The van der Waals surface area contributed by atoms with Crippen molar-refractivity contribution < 1.29 is 0 Å². The third-order valence-corrected chi connectivity index (χ3v) is 5.08. The van der Waals surface area contributed by atoms with Crippen molar-refractivity contribution in [2.75, 3.05) is 11.5 Å². The monoisotopic (exact) mass is 356 g/mol. The van der Waals surface area contributed by atoms with E-state index in [4.69, 9.17) is 10.7 Å². The molecule has 0 bridgehead atoms. The molecule has 0 aliphatic heterocycles. The molecule has 25 heavy (non-hydrogen) atoms. The van der Waals surface area contributed by atoms with Gasteiger partial charge >= 0.3 is 0 Å². The van der Waals surface area contributed by atoms with E-state index in [1.165, 1.54) is 0 Å². The summed E-state index contributed by atoms with van der Waals surface area (Å²) in [5.74, 6) is 2.60. The van der Waals surface area contributed by atoms with Gasteiger partial charge in [-0.2, -0.15) is 0 Å². The van der Waals surface area contributed by atoms with Crippen molar-refractivity contribution in [1.82, 2.24) is 24.5 Å². The maximum Gasteiger partial charge on any atom is 0.187 e. The van der Waals surface area contributed by atoms with E-state index >= 15 is 0 Å². The first-order valence-corrected chi connectivity index (χ1v) is 9.69. The first-order chi connectivity index (χ1) is 12.2. The number of aryl methyl sites for hydroxylation is 3. The number of rotatable bonds is 8. The first kappa shape index (κ1) is 17.7. The van der Waals surface area contributed by atoms with Crippen LogP contribution in [0.25, 0.3) is 11.0 Å². The molecule has 0 saturated heterocycles. The zero-order chi connectivity index (χ0) is 17.6. The Balaban J connectivity index is 1.77. The van der Waals surface area contributed by atoms with E-state index in [0.29, 0.717) is 5.82 Å². The molecule has 0 saturated carbocycles. The Labute approximate surface area is 152 Å². The molecule has 2 N–H and O–H groups in total. The topological polar surface area (TPSA) is 82.5 Å². The van der Waals surface area contributed by atoms with Crippen LogP contribution in [0.15, 0.2) is 29.8 Å². The predicted molar refractivity (Wildman–Crippen MR) is 103 cm³/mol. The van der Waals surface area contributed by atoms with Gasteiger partial charge in [0, 0.05) is 37.3 Å². The molecule has 3 rings (SSSR count). The lowest BCUT2D eigenvalue weighted by Gasteiger charge is -2.10. The van der Waals surface area contributed by atoms with Gasteiger partial charge in [-0.15, -0.1) is 0 Å². The smallest absolute Gasteiger partial charge is 0.187 e. The summed E-state index contributed by atoms with van der Waals surface area (Å²) in [5.41, 5.74) is 9.15. The molecule has 0 aliphatic carbocycles. The van der Waals surface area contributed by atoms with Crippen LogP contribution < -0.4 is 5.73 Å². The molecule has 7 heteroatoms. The average molecular weight is 356 g/mol. The molecule has 0 fully saturated rings. The average Bonchev–Trinajstić information content (AvgIpc) is 3.01. The summed E-state index contributed by atoms with van der Waals surface area (Å²) in [6.45, 7) is 5.19. The van der Waals surface area contributed by atoms with Crippen LogP contribution in [0.3, 0.4) is 0 Å². The molecule has 0 amide bonds. The number of fused-ring (bicyclic) bond motifs is 1. The first-order valence-electron chi connectivity index (χ1n) is 8.70. The Hall–Kier alpha value is -2.15. The second-order valence-corrected chi connectivity index (χ2v) is 7.10. The van der Waals surface area contributed by atoms with E-state index in [1.807, 2.05) is 12.3 Å². The molecule has 0 spiro atoms. The summed E-state index contributed by atoms with van der Waals surface area (Å²) in [5, 5.41) is 0.828. The van der Waals surface area contributed by atoms with E-state index < -0.39 is 0 Å². The molecule has 3 heterocycles. The summed E-state index contributed by atoms with van der Waals surface area (Å²) < 4.78 is 2.32. The fourth-order valence-electron chi connectivity index (χ4n) is 2.88. The zero-order valence-corrected chi connectivity index (χ0v) is 15.6. The maximum absolute atomic E-state index is 6.06. The van der Waals surface area contributed by atoms with Crippen LogP contribution in [0, 0.1) is 6.92 Å². The number of aromatic nitrogens is 5. The van der Waals surface area contributed by atoms with Gasteiger partial charge in [0.15, 0.2) is 11.0 Å². The lowest BCUT2D eigenvalue weighted by Crippen LogP contribution is -2.06. The number of nitrogens with zero attached hydrogens (tertiary/aromatic N) is 5. The lowest BCUT2D eigenvalue weighted by atomic mass is 10.2. The maximum atomic E-state index is 6.06. The Morgan fingerprint density at radius 1 is 1.16 bits per heavy atom. The van der Waals surface area contributed by atoms with Crippen LogP contribution in [-0.2, 0) is 13.0 Å². The fraction of sp³-hybridized carbons (Fsp3) is 0.444. The van der Waals surface area contributed by atoms with Crippen LogP contribution in [0.4, 0.5) is 5.82 Å². The van der Waals surface area contributed by atoms with Crippen molar-refractivity contribution in [3.05, 3.63) is 36.0 Å². The van der Waals surface area contributed by atoms with E-state index in [1.54, 1.807) is 24.2 Å². The second-order valence-electron chi connectivity index (χ2n) is 6.04. The Morgan fingerprint density at radius 3 is 2.72 bits per heavy atom. The minimum Gasteiger partial charge on any atom is -0.382 e. The number of anilines is 1. The number of unbranched alkanes of at least 4 members (excludes halogenated alkanes) is 1. The van der Waals surface area contributed by atoms with E-state index in [0.717, 1.165) is 65.6 Å². The van der Waals surface area contributed by atoms with Gasteiger partial charge in [0.1, 0.15) is 11.3 Å². The van der Waals surface area contributed by atoms with Gasteiger partial charge in [0.2, 0.25) is 0 Å². The summed E-state index contributed by atoms with van der Waals surface area (Å²) in [6.07, 6.45) is 9.67. The highest BCUT2D eigenvalue weighted by Gasteiger charge is 2.15. The van der Waals surface area contributed by atoms with Gasteiger partial charge in [0.05, 0.1) is 5.52 Å². The van der Waals surface area contributed by atoms with Crippen molar-refractivity contribution in [3.8, 4) is 0 Å². The number of nitrogen functional groups attached to an aromatic ring is 1. The molecule has 0 radical (unpaired) electrons. The number of pyridine rings is 1. The van der Waals surface area contributed by atoms with Crippen LogP contribution in [-0.4, -0.2) is 30.3 Å². The standard InChI is InChI=1S/C18H24N6S/c1-3-4-7-14-23-15-16(13(2)12-22-17(15)19)24(14)10-6-11-25-18-20-8-5-9-21-18/h5,8-9,12H,3-4,6-7,10-11H2,1-2H3,(H2,19,22). The highest BCUT2D eigenvalue weighted by molar-refractivity contribution is 7.99. The lowest BCUT2D eigenvalue weighted by molar-refractivity contribution is 0.635. The van der Waals surface area contributed by atoms with Gasteiger partial charge in [-0.25, -0.2) is 19.9 Å². The Kier molecular flexibility index (Phi) is 5.86. The molecule has 0 atom stereocenters. The van der Waals surface area contributed by atoms with E-state index in [9.17, 15) is 0 Å². The van der Waals surface area contributed by atoms with Crippen LogP contribution in [0.5, 0.6) is 0 Å². The minimum absolute atomic E-state index is 0.518. The molecule has 3 aromatic rings. The third-order valence-electron chi connectivity index (χ3n) is 4.11. The third kappa shape index (κ3) is 4.10. The number of imidazole rings is 1. The Bertz CT molecular complexity index is 830. The normalized spacial score (nSPS) is 11.3. The minimum atomic E-state index is 0.518. The SMILES string of the molecule is CCCCc1nc2c(N)ncc(C)c2n1CCCSc1ncccn1. The summed E-state index contributed by atoms with van der Waals surface area (Å²) in [4.78, 5) is 17.6. The van der Waals surface area contributed by atoms with Crippen molar-refractivity contribution >= 4 is 28.6 Å². The molecular weight excluding hydrogens is 332 g/mol. The summed E-state index contributed by atoms with van der Waals surface area (Å²) in [6, 6.07) is 1.84. The zero-order valence-electron chi connectivity index (χ0n) is 14.8. The van der Waals surface area contributed by atoms with Crippen molar-refractivity contribution in [3.63, 3.8) is 0 Å². The quantitative estimate of drug-likeness (QED) is 0.377. The molecule has 3 aromatic heterocycles. The van der Waals surface area contributed by atoms with Gasteiger partial charge in [-0.05, 0) is 31.4 Å². The molecule has 0 aromatic carbocycles. The number of hydrogen-bond donors (Lipinski definition) is 1. The molecular formula is C18H24N6S. The van der Waals surface area contributed by atoms with Gasteiger partial charge in [-0.3, -0.25) is 0 Å². The fourth-order valence-corrected chi connectivity index (χ4v) is 3.61. The van der Waals surface area contributed by atoms with Crippen molar-refractivity contribution in [1.29, 1.82) is 0 Å². The number of nitrogens with two attached hydrogens (primary N) is 1. The van der Waals surface area contributed by atoms with Crippen LogP contribution in [0.2, 0.25) is 0 Å². The highest BCUT2D eigenvalue weighted by atomic mass is 32.2. The Morgan fingerprint density at radius 2 is 1.96 bits per heavy atom. The van der Waals surface area contributed by atoms with Gasteiger partial charge < -0.3 is 10.3 Å². The molecule has 132 valence electrons. The second kappa shape index (κ2) is 8.29. The molecule has 0 unspecified atom stereocenters. The molecule has 6 nitrogen and oxygen atoms in total. The predicted octanol–water partition coefficient (Wildman–Crippen LogP) is 3.64. The van der Waals surface area contributed by atoms with Crippen molar-refractivity contribution in [2.45, 2.75) is 51.2 Å². The van der Waals surface area contributed by atoms with Gasteiger partial charge in [-0.1, -0.05) is 25.1 Å². The number of hydrogen-bond acceptors (Lipinski definition) is 6. The molecule has 0 aliphatic rings. The highest BCUT2D eigenvalue weighted by Crippen LogP contribution is 2.25. The summed E-state index contributed by atoms with van der Waals surface area (Å²) >= 11 is 1.69. The van der Waals surface area contributed by atoms with Crippen molar-refractivity contribution in [2.24, 2.45) is 0 Å². The van der Waals surface area contributed by atoms with Gasteiger partial charge in [0.25, 0.3) is 0 Å². The van der Waals surface area contributed by atoms with E-state index in [2.05, 4.69) is 33.4 Å². The largest absolute Gasteiger partial charge is 0.382 e. The summed E-state index contributed by atoms with van der Waals surface area (Å²) in [7, 11) is 0. The van der Waals surface area contributed by atoms with Crippen LogP contribution >= 0.6 is 11.8 Å². The van der Waals surface area contributed by atoms with Crippen LogP contribution in [0.1, 0.15) is 37.6 Å².